The number of aliphatic carboxylic acids is 1. The van der Waals surface area contributed by atoms with Crippen LogP contribution in [0.2, 0.25) is 0 Å². The van der Waals surface area contributed by atoms with Crippen LogP contribution in [0.5, 0.6) is 5.88 Å². The molecule has 6 aliphatic rings. The first-order valence-corrected chi connectivity index (χ1v) is 19.1. The fourth-order valence-electron chi connectivity index (χ4n) is 13.7. The van der Waals surface area contributed by atoms with Crippen molar-refractivity contribution in [2.24, 2.45) is 62.4 Å². The summed E-state index contributed by atoms with van der Waals surface area (Å²) in [5.74, 6) is 2.43. The lowest BCUT2D eigenvalue weighted by molar-refractivity contribution is -0.219. The summed E-state index contributed by atoms with van der Waals surface area (Å²) in [5.41, 5.74) is 11.5. The van der Waals surface area contributed by atoms with Crippen LogP contribution >= 0.6 is 0 Å². The number of pyridine rings is 1. The zero-order valence-corrected chi connectivity index (χ0v) is 30.9. The first-order valence-electron chi connectivity index (χ1n) is 19.1. The monoisotopic (exact) mass is 665 g/mol. The molecule has 0 radical (unpaired) electrons. The maximum atomic E-state index is 12.7. The van der Waals surface area contributed by atoms with E-state index in [1.54, 1.807) is 18.3 Å². The normalized spacial score (nSPS) is 43.8. The topological polar surface area (TPSA) is 109 Å². The summed E-state index contributed by atoms with van der Waals surface area (Å²) in [6, 6.07) is 5.43. The van der Waals surface area contributed by atoms with Gasteiger partial charge in [0.05, 0.1) is 0 Å². The summed E-state index contributed by atoms with van der Waals surface area (Å²) in [5, 5.41) is 19.9. The molecule has 6 heteroatoms. The molecule has 4 fully saturated rings. The summed E-state index contributed by atoms with van der Waals surface area (Å²) in [7, 11) is 0. The second kappa shape index (κ2) is 11.6. The second-order valence-electron chi connectivity index (χ2n) is 18.7. The second-order valence-corrected chi connectivity index (χ2v) is 18.7. The number of aromatic nitrogens is 1. The summed E-state index contributed by atoms with van der Waals surface area (Å²) >= 11 is 0. The Morgan fingerprint density at radius 2 is 1.80 bits per heavy atom. The Labute approximate surface area is 294 Å². The molecule has 6 nitrogen and oxygen atoms in total. The highest BCUT2D eigenvalue weighted by Crippen LogP contribution is 2.76. The summed E-state index contributed by atoms with van der Waals surface area (Å²) in [6.45, 7) is 19.7. The van der Waals surface area contributed by atoms with Crippen molar-refractivity contribution in [2.75, 3.05) is 6.61 Å². The number of fused-ring (bicyclic) bond motifs is 7. The van der Waals surface area contributed by atoms with Crippen molar-refractivity contribution in [2.45, 2.75) is 124 Å². The van der Waals surface area contributed by atoms with Crippen LogP contribution in [0.1, 0.15) is 124 Å². The number of ether oxygens (including phenoxy) is 1. The largest absolute Gasteiger partial charge is 0.481 e. The van der Waals surface area contributed by atoms with Gasteiger partial charge in [0, 0.05) is 11.7 Å². The molecular weight excluding hydrogens is 606 g/mol. The fourth-order valence-corrected chi connectivity index (χ4v) is 13.7. The minimum Gasteiger partial charge on any atom is -0.481 e. The van der Waals surface area contributed by atoms with Crippen molar-refractivity contribution < 1.29 is 14.6 Å². The van der Waals surface area contributed by atoms with Gasteiger partial charge < -0.3 is 15.6 Å². The molecule has 264 valence electrons. The van der Waals surface area contributed by atoms with Crippen LogP contribution in [0.25, 0.3) is 0 Å². The van der Waals surface area contributed by atoms with Crippen LogP contribution in [-0.2, 0) is 4.79 Å². The third-order valence-electron chi connectivity index (χ3n) is 16.5. The molecule has 0 spiro atoms. The molecule has 0 amide bonds. The maximum Gasteiger partial charge on any atom is 0.313 e. The highest BCUT2D eigenvalue weighted by molar-refractivity contribution is 5.75. The number of carboxylic acids is 1. The van der Waals surface area contributed by atoms with Crippen molar-refractivity contribution in [3.8, 4) is 11.9 Å². The molecule has 2 unspecified atom stereocenters. The van der Waals surface area contributed by atoms with Crippen molar-refractivity contribution in [3.63, 3.8) is 0 Å². The van der Waals surface area contributed by atoms with Gasteiger partial charge in [0.15, 0.2) is 0 Å². The Kier molecular flexibility index (Phi) is 8.14. The number of carbonyl (C=O) groups is 1. The van der Waals surface area contributed by atoms with E-state index in [1.807, 2.05) is 0 Å². The smallest absolute Gasteiger partial charge is 0.313 e. The van der Waals surface area contributed by atoms with Gasteiger partial charge in [-0.25, -0.2) is 4.98 Å². The van der Waals surface area contributed by atoms with E-state index in [1.165, 1.54) is 55.2 Å². The predicted octanol–water partition coefficient (Wildman–Crippen LogP) is 9.42. The van der Waals surface area contributed by atoms with Gasteiger partial charge >= 0.3 is 5.97 Å². The molecule has 1 aromatic rings. The Hall–Kier alpha value is -2.91. The lowest BCUT2D eigenvalue weighted by Gasteiger charge is -2.72. The van der Waals surface area contributed by atoms with Crippen LogP contribution in [0.4, 0.5) is 0 Å². The Bertz CT molecular complexity index is 1650. The Balaban J connectivity index is 1.14. The van der Waals surface area contributed by atoms with Crippen LogP contribution in [0, 0.1) is 68.0 Å². The van der Waals surface area contributed by atoms with Crippen molar-refractivity contribution in [1.29, 1.82) is 5.26 Å². The predicted molar refractivity (Wildman–Crippen MR) is 193 cm³/mol. The van der Waals surface area contributed by atoms with Gasteiger partial charge in [-0.15, -0.1) is 0 Å². The van der Waals surface area contributed by atoms with E-state index in [4.69, 9.17) is 10.5 Å². The van der Waals surface area contributed by atoms with Crippen molar-refractivity contribution in [1.82, 2.24) is 4.98 Å². The molecule has 0 aliphatic heterocycles. The molecule has 0 aromatic carbocycles. The molecular formula is C43H59N3O3. The summed E-state index contributed by atoms with van der Waals surface area (Å²) < 4.78 is 5.92. The fraction of sp³-hybridized carbons (Fsp3) is 0.698. The Morgan fingerprint density at radius 3 is 2.47 bits per heavy atom. The van der Waals surface area contributed by atoms with Gasteiger partial charge in [-0.05, 0) is 159 Å². The molecule has 10 atom stereocenters. The van der Waals surface area contributed by atoms with E-state index >= 15 is 0 Å². The van der Waals surface area contributed by atoms with Crippen LogP contribution < -0.4 is 10.5 Å². The van der Waals surface area contributed by atoms with Gasteiger partial charge in [0.1, 0.15) is 23.7 Å². The van der Waals surface area contributed by atoms with Crippen LogP contribution in [0.3, 0.4) is 0 Å². The minimum absolute atomic E-state index is 0.000214. The molecule has 3 N–H and O–H groups in total. The first-order chi connectivity index (χ1) is 23.1. The van der Waals surface area contributed by atoms with E-state index in [0.29, 0.717) is 59.8 Å². The lowest BCUT2D eigenvalue weighted by Crippen LogP contribution is -2.67. The van der Waals surface area contributed by atoms with Crippen LogP contribution in [0.15, 0.2) is 53.8 Å². The van der Waals surface area contributed by atoms with E-state index in [2.05, 4.69) is 71.3 Å². The number of hydrogen-bond acceptors (Lipinski definition) is 5. The average Bonchev–Trinajstić information content (AvgIpc) is 3.42. The molecule has 1 heterocycles. The molecule has 4 saturated carbocycles. The Morgan fingerprint density at radius 1 is 1.02 bits per heavy atom. The van der Waals surface area contributed by atoms with Gasteiger partial charge in [0.2, 0.25) is 5.88 Å². The van der Waals surface area contributed by atoms with E-state index in [-0.39, 0.29) is 34.3 Å². The highest BCUT2D eigenvalue weighted by atomic mass is 16.5. The molecule has 0 bridgehead atoms. The van der Waals surface area contributed by atoms with Gasteiger partial charge in [0.25, 0.3) is 0 Å². The van der Waals surface area contributed by atoms with Gasteiger partial charge in [-0.3, -0.25) is 4.79 Å². The first kappa shape index (κ1) is 34.5. The van der Waals surface area contributed by atoms with Crippen molar-refractivity contribution in [3.05, 3.63) is 59.3 Å². The highest BCUT2D eigenvalue weighted by Gasteiger charge is 2.70. The lowest BCUT2D eigenvalue weighted by atomic mass is 9.33. The zero-order chi connectivity index (χ0) is 35.2. The molecule has 49 heavy (non-hydrogen) atoms. The minimum atomic E-state index is -1.04. The summed E-state index contributed by atoms with van der Waals surface area (Å²) in [6.07, 6.45) is 19.0. The number of nitrogens with zero attached hydrogens (tertiary/aromatic N) is 2. The van der Waals surface area contributed by atoms with E-state index in [9.17, 15) is 15.2 Å². The van der Waals surface area contributed by atoms with E-state index < -0.39 is 11.4 Å². The molecule has 7 rings (SSSR count). The molecule has 1 aromatic heterocycles. The molecule has 0 saturated heterocycles. The number of hydrogen-bond donors (Lipinski definition) is 2. The maximum absolute atomic E-state index is 12.7. The standard InChI is InChI=1S/C43H59N3O3/c1-27(2)30-14-21-43(45)23-22-40(6)32(35(30)43)10-11-34-39(5)17-15-31(38(3,4)33(39)16-18-41(34,40)7)28-12-19-42(20-13-28,37(47)48)26-49-36-29(25-44)9-8-24-46-36/h8-9,12,15,24,30,32-35H,1,10-11,13-14,16-23,26,45H2,2-7H3,(H,47,48)/t30-,32+,33-,34+,35+,39?,40+,41+,42?,43-/m0/s1. The third-order valence-corrected chi connectivity index (χ3v) is 16.5. The number of rotatable bonds is 6. The third kappa shape index (κ3) is 4.87. The SMILES string of the molecule is C=C(C)[C@@H]1CC[C@]2(N)CC[C@]3(C)[C@H](CC[C@@H]4C5(C)CC=C(C6=CCC(COc7ncccc7C#N)(C(=O)O)CC6)C(C)(C)[C@@H]5CC[C@]43C)[C@@H]12. The van der Waals surface area contributed by atoms with E-state index in [0.717, 1.165) is 19.3 Å². The van der Waals surface area contributed by atoms with Crippen molar-refractivity contribution >= 4 is 5.97 Å². The number of allylic oxidation sites excluding steroid dienone is 5. The summed E-state index contributed by atoms with van der Waals surface area (Å²) in [4.78, 5) is 16.9. The quantitative estimate of drug-likeness (QED) is 0.293. The average molecular weight is 666 g/mol. The number of nitrogens with two attached hydrogens (primary N) is 1. The van der Waals surface area contributed by atoms with Gasteiger partial charge in [-0.1, -0.05) is 58.9 Å². The zero-order valence-electron chi connectivity index (χ0n) is 30.9. The van der Waals surface area contributed by atoms with Gasteiger partial charge in [-0.2, -0.15) is 5.26 Å². The van der Waals surface area contributed by atoms with Crippen LogP contribution in [-0.4, -0.2) is 28.2 Å². The molecule has 6 aliphatic carbocycles. The number of nitriles is 1. The number of carboxylic acid groups (broad SMARTS) is 1.